The minimum Gasteiger partial charge on any atom is -0.479 e. The summed E-state index contributed by atoms with van der Waals surface area (Å²) in [6.45, 7) is 3.50. The second-order valence-electron chi connectivity index (χ2n) is 6.73. The monoisotopic (exact) mass is 476 g/mol. The number of hydrogen-bond donors (Lipinski definition) is 3. The van der Waals surface area contributed by atoms with Crippen LogP contribution in [0.2, 0.25) is 0 Å². The van der Waals surface area contributed by atoms with Crippen molar-refractivity contribution in [2.45, 2.75) is 38.9 Å². The van der Waals surface area contributed by atoms with Gasteiger partial charge < -0.3 is 20.1 Å². The van der Waals surface area contributed by atoms with Gasteiger partial charge in [0.1, 0.15) is 12.4 Å². The summed E-state index contributed by atoms with van der Waals surface area (Å²) in [6, 6.07) is 29.9. The van der Waals surface area contributed by atoms with E-state index < -0.39 is 18.2 Å². The molecule has 184 valence electrons. The maximum atomic E-state index is 10.3. The summed E-state index contributed by atoms with van der Waals surface area (Å²) < 4.78 is 0. The Morgan fingerprint density at radius 3 is 1.51 bits per heavy atom. The Balaban J connectivity index is 0. The van der Waals surface area contributed by atoms with Gasteiger partial charge in [0, 0.05) is 25.8 Å². The number of carbonyl (C=O) groups excluding carboxylic acids is 1. The molecule has 2 atom stereocenters. The summed E-state index contributed by atoms with van der Waals surface area (Å²) in [6.07, 6.45) is -0.159. The predicted molar refractivity (Wildman–Crippen MR) is 135 cm³/mol. The van der Waals surface area contributed by atoms with E-state index >= 15 is 0 Å². The highest BCUT2D eigenvalue weighted by atomic mass is 16.4. The number of hydrogen-bond acceptors (Lipinski definition) is 6. The Morgan fingerprint density at radius 1 is 0.800 bits per heavy atom. The van der Waals surface area contributed by atoms with Crippen LogP contribution in [0.25, 0.3) is 0 Å². The van der Waals surface area contributed by atoms with Gasteiger partial charge in [-0.1, -0.05) is 98.4 Å². The number of aldehydes is 1. The van der Waals surface area contributed by atoms with Crippen LogP contribution in [0.15, 0.2) is 91.0 Å². The Bertz CT molecular complexity index is 987. The van der Waals surface area contributed by atoms with Crippen LogP contribution in [-0.4, -0.2) is 39.8 Å². The number of benzene rings is 3. The van der Waals surface area contributed by atoms with Crippen molar-refractivity contribution < 1.29 is 24.9 Å². The number of aliphatic carboxylic acids is 1. The summed E-state index contributed by atoms with van der Waals surface area (Å²) in [5.41, 5.74) is 2.89. The Labute approximate surface area is 207 Å². The Hall–Kier alpha value is -4.30. The van der Waals surface area contributed by atoms with Gasteiger partial charge in [-0.05, 0) is 16.7 Å². The molecule has 3 rings (SSSR count). The fourth-order valence-electron chi connectivity index (χ4n) is 2.52. The highest BCUT2D eigenvalue weighted by Gasteiger charge is 2.12. The van der Waals surface area contributed by atoms with Crippen LogP contribution in [-0.2, 0) is 28.9 Å². The van der Waals surface area contributed by atoms with Gasteiger partial charge in [-0.15, -0.1) is 0 Å². The lowest BCUT2D eigenvalue weighted by Gasteiger charge is -2.03. The smallest absolute Gasteiger partial charge is 0.332 e. The molecule has 7 heteroatoms. The average Bonchev–Trinajstić information content (AvgIpc) is 2.88. The molecule has 0 fully saturated rings. The van der Waals surface area contributed by atoms with Crippen molar-refractivity contribution in [3.63, 3.8) is 0 Å². The van der Waals surface area contributed by atoms with Crippen LogP contribution in [0.1, 0.15) is 24.1 Å². The second-order valence-corrected chi connectivity index (χ2v) is 6.73. The molecular weight excluding hydrogens is 444 g/mol. The highest BCUT2D eigenvalue weighted by molar-refractivity contribution is 5.72. The van der Waals surface area contributed by atoms with Crippen LogP contribution in [0.3, 0.4) is 0 Å². The van der Waals surface area contributed by atoms with Crippen molar-refractivity contribution in [2.24, 2.45) is 0 Å². The van der Waals surface area contributed by atoms with Crippen molar-refractivity contribution in [3.8, 4) is 12.6 Å². The molecule has 0 aromatic heterocycles. The van der Waals surface area contributed by atoms with Gasteiger partial charge in [0.05, 0.1) is 6.07 Å². The number of carbonyl (C=O) groups is 2. The number of carboxylic acid groups (broad SMARTS) is 1. The van der Waals surface area contributed by atoms with E-state index in [0.717, 1.165) is 23.0 Å². The number of carboxylic acids is 1. The number of rotatable bonds is 7. The minimum absolute atomic E-state index is 0. The summed E-state index contributed by atoms with van der Waals surface area (Å²) in [4.78, 5) is 20.2. The zero-order valence-electron chi connectivity index (χ0n) is 18.6. The van der Waals surface area contributed by atoms with Crippen molar-refractivity contribution >= 4 is 12.3 Å². The maximum Gasteiger partial charge on any atom is 0.332 e. The van der Waals surface area contributed by atoms with E-state index in [1.54, 1.807) is 18.2 Å². The second kappa shape index (κ2) is 21.5. The van der Waals surface area contributed by atoms with Gasteiger partial charge in [-0.2, -0.15) is 5.26 Å². The molecule has 3 N–H and O–H groups in total. The summed E-state index contributed by atoms with van der Waals surface area (Å²) >= 11 is 0. The van der Waals surface area contributed by atoms with Crippen molar-refractivity contribution in [1.82, 2.24) is 0 Å². The molecule has 0 amide bonds. The van der Waals surface area contributed by atoms with Crippen molar-refractivity contribution in [3.05, 3.63) is 108 Å². The number of aliphatic hydroxyl groups is 2. The molecular formula is C28H32N2O5. The van der Waals surface area contributed by atoms with E-state index in [1.807, 2.05) is 78.9 Å². The first-order valence-electron chi connectivity index (χ1n) is 10.3. The van der Waals surface area contributed by atoms with Gasteiger partial charge >= 0.3 is 5.97 Å². The predicted octanol–water partition coefficient (Wildman–Crippen LogP) is 3.99. The van der Waals surface area contributed by atoms with E-state index in [0.29, 0.717) is 12.8 Å². The third-order valence-electron chi connectivity index (χ3n) is 4.14. The van der Waals surface area contributed by atoms with Gasteiger partial charge in [-0.3, -0.25) is 0 Å². The van der Waals surface area contributed by atoms with Crippen LogP contribution in [0.4, 0.5) is 0 Å². The minimum atomic E-state index is -1.30. The fourth-order valence-corrected chi connectivity index (χ4v) is 2.52. The van der Waals surface area contributed by atoms with Gasteiger partial charge in [0.25, 0.3) is 0 Å². The lowest BCUT2D eigenvalue weighted by Crippen LogP contribution is -2.21. The zero-order valence-corrected chi connectivity index (χ0v) is 18.6. The fraction of sp³-hybridized carbons (Fsp3) is 0.214. The Morgan fingerprint density at radius 2 is 1.17 bits per heavy atom. The van der Waals surface area contributed by atoms with Gasteiger partial charge in [-0.25, -0.2) is 10.1 Å². The molecule has 0 aliphatic carbocycles. The number of nitriles is 2. The van der Waals surface area contributed by atoms with E-state index in [2.05, 4.69) is 6.57 Å². The summed E-state index contributed by atoms with van der Waals surface area (Å²) in [5, 5.41) is 41.1. The third kappa shape index (κ3) is 16.9. The first kappa shape index (κ1) is 32.9. The van der Waals surface area contributed by atoms with Crippen LogP contribution in [0, 0.1) is 23.2 Å². The number of nitrogens with zero attached hydrogens (tertiary/aromatic N) is 2. The van der Waals surface area contributed by atoms with E-state index in [9.17, 15) is 9.59 Å². The normalized spacial score (nSPS) is 10.4. The first-order chi connectivity index (χ1) is 16.5. The molecule has 0 spiro atoms. The van der Waals surface area contributed by atoms with Crippen molar-refractivity contribution in [1.29, 1.82) is 10.5 Å². The highest BCUT2D eigenvalue weighted by Crippen LogP contribution is 2.03. The molecule has 0 radical (unpaired) electrons. The largest absolute Gasteiger partial charge is 0.479 e. The molecule has 7 nitrogen and oxygen atoms in total. The first-order valence-corrected chi connectivity index (χ1v) is 10.3. The molecule has 0 aliphatic rings. The molecule has 3 aromatic rings. The molecule has 1 unspecified atom stereocenters. The van der Waals surface area contributed by atoms with Crippen LogP contribution < -0.4 is 0 Å². The maximum absolute atomic E-state index is 10.3. The van der Waals surface area contributed by atoms with Crippen molar-refractivity contribution in [2.75, 3.05) is 0 Å². The lowest BCUT2D eigenvalue weighted by molar-refractivity contribution is -0.146. The van der Waals surface area contributed by atoms with Gasteiger partial charge in [0.15, 0.2) is 6.10 Å². The SMILES string of the molecule is C.C#N.N#CC(O)Cc1ccccc1.O=C(O)[C@@H](O)Cc1ccccc1.O=CCc1ccccc1. The molecule has 0 bridgehead atoms. The molecule has 0 aliphatic heterocycles. The third-order valence-corrected chi connectivity index (χ3v) is 4.14. The molecule has 0 saturated carbocycles. The average molecular weight is 477 g/mol. The zero-order chi connectivity index (χ0) is 25.6. The van der Waals surface area contributed by atoms with E-state index in [4.69, 9.17) is 25.8 Å². The summed E-state index contributed by atoms with van der Waals surface area (Å²) in [5.74, 6) is -1.18. The topological polar surface area (TPSA) is 142 Å². The van der Waals surface area contributed by atoms with Gasteiger partial charge in [0.2, 0.25) is 0 Å². The molecule has 0 heterocycles. The molecule has 3 aromatic carbocycles. The standard InChI is InChI=1S/C9H9NO.C9H10O3.C8H8O.CHN.CH4/c10-7-9(11)6-8-4-2-1-3-5-8;10-8(9(11)12)6-7-4-2-1-3-5-7;9-7-6-8-4-2-1-3-5-8;1-2;/h1-5,9,11H,6H2;1-5,8,10H,6H2,(H,11,12);1-5,7H,6H2;1H;1H4/t;8-;;;/m.0.../s1. The number of aliphatic hydroxyl groups excluding tert-OH is 2. The van der Waals surface area contributed by atoms with Crippen LogP contribution in [0.5, 0.6) is 0 Å². The molecule has 0 saturated heterocycles. The van der Waals surface area contributed by atoms with Crippen LogP contribution >= 0.6 is 0 Å². The quantitative estimate of drug-likeness (QED) is 0.345. The van der Waals surface area contributed by atoms with E-state index in [1.165, 1.54) is 0 Å². The van der Waals surface area contributed by atoms with E-state index in [-0.39, 0.29) is 13.8 Å². The summed E-state index contributed by atoms with van der Waals surface area (Å²) in [7, 11) is 0. The lowest BCUT2D eigenvalue weighted by atomic mass is 10.1. The molecule has 35 heavy (non-hydrogen) atoms. The Kier molecular flexibility index (Phi) is 20.2.